The van der Waals surface area contributed by atoms with E-state index in [4.69, 9.17) is 0 Å². The number of carbonyl (C=O) groups excluding carboxylic acids is 1. The third kappa shape index (κ3) is 2.23. The summed E-state index contributed by atoms with van der Waals surface area (Å²) in [5, 5.41) is 3.04. The highest BCUT2D eigenvalue weighted by atomic mass is 16.1. The molecule has 0 aromatic rings. The molecule has 1 aliphatic rings. The molecule has 0 aliphatic heterocycles. The fourth-order valence-corrected chi connectivity index (χ4v) is 1.55. The van der Waals surface area contributed by atoms with Crippen LogP contribution in [0, 0.1) is 11.8 Å². The minimum Gasteiger partial charge on any atom is -0.353 e. The van der Waals surface area contributed by atoms with E-state index in [1.807, 2.05) is 13.8 Å². The van der Waals surface area contributed by atoms with E-state index in [0.29, 0.717) is 6.04 Å². The van der Waals surface area contributed by atoms with Crippen LogP contribution in [-0.4, -0.2) is 11.9 Å². The van der Waals surface area contributed by atoms with Crippen LogP contribution >= 0.6 is 0 Å². The molecule has 70 valence electrons. The molecular formula is C10H19NO. The molecule has 1 amide bonds. The van der Waals surface area contributed by atoms with Crippen molar-refractivity contribution in [1.82, 2.24) is 5.32 Å². The fourth-order valence-electron chi connectivity index (χ4n) is 1.55. The summed E-state index contributed by atoms with van der Waals surface area (Å²) >= 11 is 0. The van der Waals surface area contributed by atoms with Gasteiger partial charge in [-0.2, -0.15) is 0 Å². The molecule has 1 saturated carbocycles. The first kappa shape index (κ1) is 9.56. The number of nitrogens with one attached hydrogen (secondary N) is 1. The van der Waals surface area contributed by atoms with Crippen LogP contribution in [0.15, 0.2) is 0 Å². The van der Waals surface area contributed by atoms with Crippen molar-refractivity contribution in [3.05, 3.63) is 0 Å². The predicted octanol–water partition coefficient (Wildman–Crippen LogP) is 1.95. The van der Waals surface area contributed by atoms with Crippen molar-refractivity contribution in [3.63, 3.8) is 0 Å². The van der Waals surface area contributed by atoms with Gasteiger partial charge in [-0.05, 0) is 18.8 Å². The molecule has 1 fully saturated rings. The smallest absolute Gasteiger partial charge is 0.222 e. The average Bonchev–Trinajstić information content (AvgIpc) is 1.94. The molecule has 0 saturated heterocycles. The zero-order valence-corrected chi connectivity index (χ0v) is 8.26. The Balaban J connectivity index is 2.14. The van der Waals surface area contributed by atoms with Gasteiger partial charge in [0.25, 0.3) is 0 Å². The van der Waals surface area contributed by atoms with E-state index in [-0.39, 0.29) is 11.8 Å². The van der Waals surface area contributed by atoms with Gasteiger partial charge in [0.2, 0.25) is 5.91 Å². The maximum absolute atomic E-state index is 11.2. The van der Waals surface area contributed by atoms with Gasteiger partial charge in [-0.1, -0.05) is 27.2 Å². The van der Waals surface area contributed by atoms with E-state index in [2.05, 4.69) is 12.2 Å². The largest absolute Gasteiger partial charge is 0.353 e. The summed E-state index contributed by atoms with van der Waals surface area (Å²) in [7, 11) is 0. The summed E-state index contributed by atoms with van der Waals surface area (Å²) in [5.41, 5.74) is 0. The van der Waals surface area contributed by atoms with E-state index in [1.165, 1.54) is 19.3 Å². The summed E-state index contributed by atoms with van der Waals surface area (Å²) in [5.74, 6) is 1.20. The van der Waals surface area contributed by atoms with E-state index >= 15 is 0 Å². The van der Waals surface area contributed by atoms with Crippen LogP contribution in [-0.2, 0) is 4.79 Å². The Morgan fingerprint density at radius 2 is 2.08 bits per heavy atom. The van der Waals surface area contributed by atoms with Crippen molar-refractivity contribution >= 4 is 5.91 Å². The van der Waals surface area contributed by atoms with Crippen molar-refractivity contribution < 1.29 is 4.79 Å². The normalized spacial score (nSPS) is 28.3. The van der Waals surface area contributed by atoms with Crippen molar-refractivity contribution in [2.75, 3.05) is 0 Å². The minimum atomic E-state index is 0.130. The quantitative estimate of drug-likeness (QED) is 0.687. The molecule has 1 aliphatic carbocycles. The van der Waals surface area contributed by atoms with Gasteiger partial charge in [-0.25, -0.2) is 0 Å². The maximum atomic E-state index is 11.2. The van der Waals surface area contributed by atoms with Crippen LogP contribution < -0.4 is 5.32 Å². The van der Waals surface area contributed by atoms with E-state index in [0.717, 1.165) is 5.92 Å². The average molecular weight is 169 g/mol. The summed E-state index contributed by atoms with van der Waals surface area (Å²) in [6.45, 7) is 6.09. The molecule has 1 rings (SSSR count). The fraction of sp³-hybridized carbons (Fsp3) is 0.900. The number of carbonyl (C=O) groups is 1. The van der Waals surface area contributed by atoms with Gasteiger partial charge in [0.05, 0.1) is 0 Å². The van der Waals surface area contributed by atoms with Crippen LogP contribution in [0.4, 0.5) is 0 Å². The number of amides is 1. The number of rotatable bonds is 3. The molecular weight excluding hydrogens is 150 g/mol. The zero-order chi connectivity index (χ0) is 9.14. The van der Waals surface area contributed by atoms with Gasteiger partial charge in [-0.15, -0.1) is 0 Å². The molecule has 2 heteroatoms. The van der Waals surface area contributed by atoms with E-state index in [9.17, 15) is 4.79 Å². The second kappa shape index (κ2) is 3.92. The standard InChI is InChI=1S/C10H19NO/c1-4-8-5-9(6-8)11-10(12)7(2)3/h7-9H,4-6H2,1-3H3,(H,11,12). The van der Waals surface area contributed by atoms with Gasteiger partial charge in [0.1, 0.15) is 0 Å². The van der Waals surface area contributed by atoms with Crippen LogP contribution in [0.5, 0.6) is 0 Å². The van der Waals surface area contributed by atoms with Crippen molar-refractivity contribution in [1.29, 1.82) is 0 Å². The van der Waals surface area contributed by atoms with Crippen molar-refractivity contribution in [3.8, 4) is 0 Å². The highest BCUT2D eigenvalue weighted by Gasteiger charge is 2.28. The molecule has 0 aromatic carbocycles. The molecule has 0 spiro atoms. The lowest BCUT2D eigenvalue weighted by molar-refractivity contribution is -0.125. The van der Waals surface area contributed by atoms with E-state index < -0.39 is 0 Å². The summed E-state index contributed by atoms with van der Waals surface area (Å²) < 4.78 is 0. The highest BCUT2D eigenvalue weighted by molar-refractivity contribution is 5.78. The Bertz CT molecular complexity index is 159. The number of hydrogen-bond acceptors (Lipinski definition) is 1. The molecule has 2 nitrogen and oxygen atoms in total. The Morgan fingerprint density at radius 1 is 1.50 bits per heavy atom. The second-order valence-corrected chi connectivity index (χ2v) is 4.11. The lowest BCUT2D eigenvalue weighted by Crippen LogP contribution is -2.45. The summed E-state index contributed by atoms with van der Waals surface area (Å²) in [6, 6.07) is 0.477. The van der Waals surface area contributed by atoms with Crippen LogP contribution in [0.2, 0.25) is 0 Å². The Kier molecular flexibility index (Phi) is 3.12. The van der Waals surface area contributed by atoms with Gasteiger partial charge in [0, 0.05) is 12.0 Å². The topological polar surface area (TPSA) is 29.1 Å². The van der Waals surface area contributed by atoms with Gasteiger partial charge in [-0.3, -0.25) is 4.79 Å². The third-order valence-corrected chi connectivity index (χ3v) is 2.68. The molecule has 0 aromatic heterocycles. The molecule has 0 heterocycles. The third-order valence-electron chi connectivity index (χ3n) is 2.68. The van der Waals surface area contributed by atoms with Crippen LogP contribution in [0.25, 0.3) is 0 Å². The Labute approximate surface area is 74.7 Å². The minimum absolute atomic E-state index is 0.130. The van der Waals surface area contributed by atoms with Gasteiger partial charge < -0.3 is 5.32 Å². The molecule has 0 atom stereocenters. The van der Waals surface area contributed by atoms with Gasteiger partial charge >= 0.3 is 0 Å². The Hall–Kier alpha value is -0.530. The summed E-state index contributed by atoms with van der Waals surface area (Å²) in [6.07, 6.45) is 3.64. The number of hydrogen-bond donors (Lipinski definition) is 1. The van der Waals surface area contributed by atoms with Crippen LogP contribution in [0.3, 0.4) is 0 Å². The first-order chi connectivity index (χ1) is 5.63. The lowest BCUT2D eigenvalue weighted by Gasteiger charge is -2.35. The summed E-state index contributed by atoms with van der Waals surface area (Å²) in [4.78, 5) is 11.2. The SMILES string of the molecule is CCC1CC(NC(=O)C(C)C)C1. The first-order valence-electron chi connectivity index (χ1n) is 4.93. The van der Waals surface area contributed by atoms with Crippen molar-refractivity contribution in [2.45, 2.75) is 46.1 Å². The van der Waals surface area contributed by atoms with Crippen molar-refractivity contribution in [2.24, 2.45) is 11.8 Å². The van der Waals surface area contributed by atoms with Gasteiger partial charge in [0.15, 0.2) is 0 Å². The Morgan fingerprint density at radius 3 is 2.50 bits per heavy atom. The maximum Gasteiger partial charge on any atom is 0.222 e. The van der Waals surface area contributed by atoms with E-state index in [1.54, 1.807) is 0 Å². The molecule has 0 radical (unpaired) electrons. The highest BCUT2D eigenvalue weighted by Crippen LogP contribution is 2.29. The molecule has 0 unspecified atom stereocenters. The molecule has 1 N–H and O–H groups in total. The molecule has 0 bridgehead atoms. The van der Waals surface area contributed by atoms with Crippen LogP contribution in [0.1, 0.15) is 40.0 Å². The monoisotopic (exact) mass is 169 g/mol. The predicted molar refractivity (Wildman–Crippen MR) is 49.8 cm³/mol. The first-order valence-corrected chi connectivity index (χ1v) is 4.93. The lowest BCUT2D eigenvalue weighted by atomic mass is 9.78. The zero-order valence-electron chi connectivity index (χ0n) is 8.26. The molecule has 12 heavy (non-hydrogen) atoms. The second-order valence-electron chi connectivity index (χ2n) is 4.11.